The van der Waals surface area contributed by atoms with Crippen LogP contribution in [0.1, 0.15) is 30.4 Å². The van der Waals surface area contributed by atoms with Crippen LogP contribution in [0.4, 0.5) is 0 Å². The predicted octanol–water partition coefficient (Wildman–Crippen LogP) is 2.76. The van der Waals surface area contributed by atoms with Crippen LogP contribution in [0.25, 0.3) is 0 Å². The second-order valence-corrected chi connectivity index (χ2v) is 5.17. The number of aryl methyl sites for hydroxylation is 1. The van der Waals surface area contributed by atoms with Crippen molar-refractivity contribution in [3.63, 3.8) is 0 Å². The third-order valence-corrected chi connectivity index (χ3v) is 3.75. The maximum Gasteiger partial charge on any atom is 0.133 e. The first kappa shape index (κ1) is 10.1. The lowest BCUT2D eigenvalue weighted by Crippen LogP contribution is -2.40. The minimum Gasteiger partial charge on any atom is -0.293 e. The molecule has 1 fully saturated rings. The van der Waals surface area contributed by atoms with Gasteiger partial charge in [-0.1, -0.05) is 17.7 Å². The maximum absolute atomic E-state index is 9.46. The fourth-order valence-electron chi connectivity index (χ4n) is 2.52. The zero-order valence-electron chi connectivity index (χ0n) is 8.96. The van der Waals surface area contributed by atoms with E-state index in [-0.39, 0.29) is 0 Å². The Balaban J connectivity index is 2.02. The van der Waals surface area contributed by atoms with Crippen molar-refractivity contribution in [3.8, 4) is 6.07 Å². The van der Waals surface area contributed by atoms with Gasteiger partial charge in [0.25, 0.3) is 0 Å². The van der Waals surface area contributed by atoms with E-state index in [4.69, 9.17) is 11.6 Å². The highest BCUT2D eigenvalue weighted by atomic mass is 35.5. The quantitative estimate of drug-likeness (QED) is 0.851. The number of hydrogen-bond donors (Lipinski definition) is 1. The molecular weight excluding hydrogens is 220 g/mol. The largest absolute Gasteiger partial charge is 0.293 e. The van der Waals surface area contributed by atoms with E-state index in [1.165, 1.54) is 18.4 Å². The van der Waals surface area contributed by atoms with Gasteiger partial charge >= 0.3 is 0 Å². The number of hydrogen-bond acceptors (Lipinski definition) is 2. The normalized spacial score (nSPS) is 27.5. The Morgan fingerprint density at radius 2 is 2.25 bits per heavy atom. The van der Waals surface area contributed by atoms with E-state index < -0.39 is 5.54 Å². The molecule has 0 amide bonds. The lowest BCUT2D eigenvalue weighted by molar-refractivity contribution is 0.421. The number of rotatable bonds is 2. The third kappa shape index (κ3) is 1.52. The summed E-state index contributed by atoms with van der Waals surface area (Å²) >= 11 is 5.97. The highest BCUT2D eigenvalue weighted by Crippen LogP contribution is 2.40. The van der Waals surface area contributed by atoms with E-state index >= 15 is 0 Å². The fraction of sp³-hybridized carbons (Fsp3) is 0.462. The van der Waals surface area contributed by atoms with Crippen LogP contribution in [0, 0.1) is 11.3 Å². The van der Waals surface area contributed by atoms with E-state index in [0.29, 0.717) is 6.04 Å². The molecule has 0 aromatic heterocycles. The van der Waals surface area contributed by atoms with E-state index in [1.54, 1.807) is 0 Å². The topological polar surface area (TPSA) is 35.8 Å². The Hall–Kier alpha value is -1.04. The molecule has 0 spiro atoms. The Bertz CT molecular complexity index is 473. The van der Waals surface area contributed by atoms with Gasteiger partial charge in [0, 0.05) is 11.1 Å². The zero-order chi connectivity index (χ0) is 11.2. The van der Waals surface area contributed by atoms with E-state index in [0.717, 1.165) is 23.4 Å². The van der Waals surface area contributed by atoms with E-state index in [2.05, 4.69) is 11.4 Å². The van der Waals surface area contributed by atoms with Crippen molar-refractivity contribution in [3.05, 3.63) is 34.3 Å². The summed E-state index contributed by atoms with van der Waals surface area (Å²) in [5, 5.41) is 13.7. The lowest BCUT2D eigenvalue weighted by atomic mass is 9.93. The summed E-state index contributed by atoms with van der Waals surface area (Å²) in [4.78, 5) is 0. The summed E-state index contributed by atoms with van der Waals surface area (Å²) in [7, 11) is 0. The molecule has 16 heavy (non-hydrogen) atoms. The van der Waals surface area contributed by atoms with Gasteiger partial charge in [-0.15, -0.1) is 0 Å². The van der Waals surface area contributed by atoms with E-state index in [9.17, 15) is 5.26 Å². The average Bonchev–Trinajstić information content (AvgIpc) is 3.02. The van der Waals surface area contributed by atoms with Gasteiger partial charge in [-0.05, 0) is 48.9 Å². The van der Waals surface area contributed by atoms with Crippen LogP contribution >= 0.6 is 11.6 Å². The Morgan fingerprint density at radius 1 is 1.44 bits per heavy atom. The van der Waals surface area contributed by atoms with Crippen LogP contribution in [0.2, 0.25) is 5.02 Å². The Labute approximate surface area is 100 Å². The monoisotopic (exact) mass is 232 g/mol. The molecule has 3 rings (SSSR count). The lowest BCUT2D eigenvalue weighted by Gasteiger charge is -2.23. The number of nitrogens with zero attached hydrogens (tertiary/aromatic N) is 1. The Morgan fingerprint density at radius 3 is 2.94 bits per heavy atom. The summed E-state index contributed by atoms with van der Waals surface area (Å²) in [5.74, 6) is 0. The molecule has 1 saturated carbocycles. The van der Waals surface area contributed by atoms with Crippen molar-refractivity contribution < 1.29 is 0 Å². The molecule has 0 bridgehead atoms. The number of halogens is 1. The minimum atomic E-state index is -0.457. The molecule has 1 aromatic rings. The van der Waals surface area contributed by atoms with Gasteiger partial charge < -0.3 is 0 Å². The summed E-state index contributed by atoms with van der Waals surface area (Å²) in [6, 6.07) is 8.89. The minimum absolute atomic E-state index is 0.457. The van der Waals surface area contributed by atoms with Crippen LogP contribution in [0.15, 0.2) is 18.2 Å². The van der Waals surface area contributed by atoms with E-state index in [1.807, 2.05) is 18.2 Å². The zero-order valence-corrected chi connectivity index (χ0v) is 9.72. The van der Waals surface area contributed by atoms with Crippen LogP contribution < -0.4 is 5.32 Å². The molecule has 2 aliphatic rings. The Kier molecular flexibility index (Phi) is 2.20. The number of fused-ring (bicyclic) bond motifs is 1. The first-order valence-corrected chi connectivity index (χ1v) is 6.09. The SMILES string of the molecule is N#CC1(NC2CC2)CCc2cc(Cl)ccc21. The first-order chi connectivity index (χ1) is 7.73. The smallest absolute Gasteiger partial charge is 0.133 e. The van der Waals surface area contributed by atoms with Crippen molar-refractivity contribution in [1.29, 1.82) is 5.26 Å². The van der Waals surface area contributed by atoms with Gasteiger partial charge in [0.05, 0.1) is 6.07 Å². The summed E-state index contributed by atoms with van der Waals surface area (Å²) in [6.07, 6.45) is 4.22. The number of nitrogens with one attached hydrogen (secondary N) is 1. The molecule has 0 aliphatic heterocycles. The molecule has 1 N–H and O–H groups in total. The second-order valence-electron chi connectivity index (χ2n) is 4.74. The predicted molar refractivity (Wildman–Crippen MR) is 63.2 cm³/mol. The van der Waals surface area contributed by atoms with Gasteiger partial charge in [0.15, 0.2) is 0 Å². The summed E-state index contributed by atoms with van der Waals surface area (Å²) in [6.45, 7) is 0. The first-order valence-electron chi connectivity index (χ1n) is 5.71. The number of nitriles is 1. The summed E-state index contributed by atoms with van der Waals surface area (Å²) < 4.78 is 0. The van der Waals surface area contributed by atoms with Crippen molar-refractivity contribution >= 4 is 11.6 Å². The van der Waals surface area contributed by atoms with Crippen molar-refractivity contribution in [2.45, 2.75) is 37.3 Å². The fourth-order valence-corrected chi connectivity index (χ4v) is 2.71. The summed E-state index contributed by atoms with van der Waals surface area (Å²) in [5.41, 5.74) is 1.90. The van der Waals surface area contributed by atoms with Crippen LogP contribution in [-0.4, -0.2) is 6.04 Å². The molecule has 3 heteroatoms. The van der Waals surface area contributed by atoms with Crippen molar-refractivity contribution in [1.82, 2.24) is 5.32 Å². The van der Waals surface area contributed by atoms with Gasteiger partial charge in [0.2, 0.25) is 0 Å². The molecule has 2 nitrogen and oxygen atoms in total. The van der Waals surface area contributed by atoms with Gasteiger partial charge in [-0.3, -0.25) is 5.32 Å². The van der Waals surface area contributed by atoms with Crippen LogP contribution in [0.5, 0.6) is 0 Å². The highest BCUT2D eigenvalue weighted by Gasteiger charge is 2.42. The second kappa shape index (κ2) is 3.48. The maximum atomic E-state index is 9.46. The molecule has 0 radical (unpaired) electrons. The molecule has 1 aromatic carbocycles. The molecular formula is C13H13ClN2. The van der Waals surface area contributed by atoms with Crippen LogP contribution in [0.3, 0.4) is 0 Å². The van der Waals surface area contributed by atoms with Gasteiger partial charge in [-0.2, -0.15) is 5.26 Å². The molecule has 0 saturated heterocycles. The van der Waals surface area contributed by atoms with Crippen molar-refractivity contribution in [2.75, 3.05) is 0 Å². The number of benzene rings is 1. The third-order valence-electron chi connectivity index (χ3n) is 3.52. The molecule has 1 atom stereocenters. The van der Waals surface area contributed by atoms with Crippen molar-refractivity contribution in [2.24, 2.45) is 0 Å². The van der Waals surface area contributed by atoms with Gasteiger partial charge in [-0.25, -0.2) is 0 Å². The molecule has 82 valence electrons. The molecule has 0 heterocycles. The van der Waals surface area contributed by atoms with Gasteiger partial charge in [0.1, 0.15) is 5.54 Å². The highest BCUT2D eigenvalue weighted by molar-refractivity contribution is 6.30. The molecule has 1 unspecified atom stereocenters. The average molecular weight is 233 g/mol. The van der Waals surface area contributed by atoms with Crippen LogP contribution in [-0.2, 0) is 12.0 Å². The molecule has 2 aliphatic carbocycles. The standard InChI is InChI=1S/C13H13ClN2/c14-10-1-4-12-9(7-10)5-6-13(12,8-15)16-11-2-3-11/h1,4,7,11,16H,2-3,5-6H2.